The Labute approximate surface area is 116 Å². The Morgan fingerprint density at radius 2 is 2.21 bits per heavy atom. The molecule has 106 valence electrons. The highest BCUT2D eigenvalue weighted by atomic mass is 32.2. The number of rotatable bonds is 6. The van der Waals surface area contributed by atoms with Gasteiger partial charge in [-0.05, 0) is 12.5 Å². The molecule has 1 aromatic heterocycles. The highest BCUT2D eigenvalue weighted by Gasteiger charge is 2.22. The summed E-state index contributed by atoms with van der Waals surface area (Å²) >= 11 is 1.10. The lowest BCUT2D eigenvalue weighted by atomic mass is 10.1. The summed E-state index contributed by atoms with van der Waals surface area (Å²) in [6.07, 6.45) is -1.97. The molecule has 19 heavy (non-hydrogen) atoms. The van der Waals surface area contributed by atoms with Crippen molar-refractivity contribution >= 4 is 22.6 Å². The SMILES string of the molecule is COc1ccc(N)c(C(O)C(O)CCSC(C)=O)n1. The second-order valence-electron chi connectivity index (χ2n) is 3.97. The number of nitrogens with zero attached hydrogens (tertiary/aromatic N) is 1. The third-order valence-electron chi connectivity index (χ3n) is 2.50. The number of aromatic nitrogens is 1. The fourth-order valence-electron chi connectivity index (χ4n) is 1.48. The predicted molar refractivity (Wildman–Crippen MR) is 73.9 cm³/mol. The molecule has 1 rings (SSSR count). The number of methoxy groups -OCH3 is 1. The van der Waals surface area contributed by atoms with Gasteiger partial charge in [-0.3, -0.25) is 4.79 Å². The van der Waals surface area contributed by atoms with Gasteiger partial charge in [0.05, 0.1) is 24.6 Å². The molecule has 2 atom stereocenters. The standard InChI is InChI=1S/C12H18N2O4S/c1-7(15)19-6-5-9(16)12(17)11-8(13)3-4-10(14-11)18-2/h3-4,9,12,16-17H,5-6,13H2,1-2H3. The van der Waals surface area contributed by atoms with Crippen LogP contribution >= 0.6 is 11.8 Å². The lowest BCUT2D eigenvalue weighted by molar-refractivity contribution is -0.109. The molecule has 0 aliphatic heterocycles. The number of ether oxygens (including phenoxy) is 1. The minimum Gasteiger partial charge on any atom is -0.481 e. The number of hydrogen-bond donors (Lipinski definition) is 3. The van der Waals surface area contributed by atoms with Gasteiger partial charge in [0.15, 0.2) is 5.12 Å². The summed E-state index contributed by atoms with van der Waals surface area (Å²) in [6, 6.07) is 3.13. The summed E-state index contributed by atoms with van der Waals surface area (Å²) in [7, 11) is 1.45. The number of anilines is 1. The number of nitrogen functional groups attached to an aromatic ring is 1. The summed E-state index contributed by atoms with van der Waals surface area (Å²) in [4.78, 5) is 14.8. The van der Waals surface area contributed by atoms with Crippen molar-refractivity contribution < 1.29 is 19.7 Å². The van der Waals surface area contributed by atoms with Crippen LogP contribution < -0.4 is 10.5 Å². The summed E-state index contributed by atoms with van der Waals surface area (Å²) in [5.74, 6) is 0.741. The molecule has 7 heteroatoms. The quantitative estimate of drug-likeness (QED) is 0.708. The van der Waals surface area contributed by atoms with Crippen LogP contribution in [0, 0.1) is 0 Å². The second kappa shape index (κ2) is 7.32. The molecular formula is C12H18N2O4S. The molecule has 0 spiro atoms. The van der Waals surface area contributed by atoms with Crippen LogP contribution in [0.15, 0.2) is 12.1 Å². The van der Waals surface area contributed by atoms with Gasteiger partial charge in [0.25, 0.3) is 0 Å². The van der Waals surface area contributed by atoms with Crippen LogP contribution in [0.2, 0.25) is 0 Å². The minimum absolute atomic E-state index is 0.0271. The molecule has 4 N–H and O–H groups in total. The van der Waals surface area contributed by atoms with Crippen molar-refractivity contribution in [2.45, 2.75) is 25.6 Å². The van der Waals surface area contributed by atoms with Gasteiger partial charge < -0.3 is 20.7 Å². The molecule has 0 saturated heterocycles. The van der Waals surface area contributed by atoms with Crippen molar-refractivity contribution in [1.82, 2.24) is 4.98 Å². The second-order valence-corrected chi connectivity index (χ2v) is 5.24. The molecule has 0 amide bonds. The first-order valence-corrected chi connectivity index (χ1v) is 6.74. The highest BCUT2D eigenvalue weighted by Crippen LogP contribution is 2.25. The van der Waals surface area contributed by atoms with Crippen molar-refractivity contribution in [3.63, 3.8) is 0 Å². The smallest absolute Gasteiger partial charge is 0.213 e. The molecule has 6 nitrogen and oxygen atoms in total. The number of hydrogen-bond acceptors (Lipinski definition) is 7. The van der Waals surface area contributed by atoms with Crippen molar-refractivity contribution in [2.24, 2.45) is 0 Å². The maximum Gasteiger partial charge on any atom is 0.213 e. The van der Waals surface area contributed by atoms with E-state index in [0.717, 1.165) is 11.8 Å². The molecule has 2 unspecified atom stereocenters. The first kappa shape index (κ1) is 15.7. The van der Waals surface area contributed by atoms with Crippen molar-refractivity contribution in [1.29, 1.82) is 0 Å². The Morgan fingerprint density at radius 3 is 2.79 bits per heavy atom. The summed E-state index contributed by atoms with van der Waals surface area (Å²) < 4.78 is 4.94. The maximum absolute atomic E-state index is 10.8. The Balaban J connectivity index is 2.70. The zero-order chi connectivity index (χ0) is 14.4. The minimum atomic E-state index is -1.21. The van der Waals surface area contributed by atoms with Crippen molar-refractivity contribution in [3.8, 4) is 5.88 Å². The van der Waals surface area contributed by atoms with Crippen LogP contribution in [0.3, 0.4) is 0 Å². The summed E-state index contributed by atoms with van der Waals surface area (Å²) in [5, 5.41) is 19.8. The molecule has 0 saturated carbocycles. The molecule has 0 aliphatic carbocycles. The zero-order valence-corrected chi connectivity index (χ0v) is 11.7. The topological polar surface area (TPSA) is 106 Å². The largest absolute Gasteiger partial charge is 0.481 e. The molecular weight excluding hydrogens is 268 g/mol. The average molecular weight is 286 g/mol. The number of thioether (sulfide) groups is 1. The number of carbonyl (C=O) groups excluding carboxylic acids is 1. The third kappa shape index (κ3) is 4.70. The molecule has 0 aromatic carbocycles. The van der Waals surface area contributed by atoms with Crippen molar-refractivity contribution in [3.05, 3.63) is 17.8 Å². The first-order chi connectivity index (χ1) is 8.95. The molecule has 0 radical (unpaired) electrons. The van der Waals surface area contributed by atoms with Gasteiger partial charge in [0, 0.05) is 18.7 Å². The molecule has 0 fully saturated rings. The lowest BCUT2D eigenvalue weighted by Gasteiger charge is -2.18. The summed E-state index contributed by atoms with van der Waals surface area (Å²) in [6.45, 7) is 1.45. The van der Waals surface area contributed by atoms with Gasteiger partial charge in [0.1, 0.15) is 6.10 Å². The van der Waals surface area contributed by atoms with E-state index in [1.54, 1.807) is 12.1 Å². The number of nitrogens with two attached hydrogens (primary N) is 1. The normalized spacial score (nSPS) is 13.9. The summed E-state index contributed by atoms with van der Waals surface area (Å²) in [5.41, 5.74) is 6.18. The van der Waals surface area contributed by atoms with Crippen LogP contribution in [0.4, 0.5) is 5.69 Å². The van der Waals surface area contributed by atoms with Gasteiger partial charge in [-0.15, -0.1) is 0 Å². The average Bonchev–Trinajstić information content (AvgIpc) is 2.38. The van der Waals surface area contributed by atoms with Gasteiger partial charge in [-0.25, -0.2) is 4.98 Å². The van der Waals surface area contributed by atoms with E-state index in [1.807, 2.05) is 0 Å². The van der Waals surface area contributed by atoms with Crippen molar-refractivity contribution in [2.75, 3.05) is 18.6 Å². The Hall–Kier alpha value is -1.31. The van der Waals surface area contributed by atoms with Crippen LogP contribution in [0.25, 0.3) is 0 Å². The fraction of sp³-hybridized carbons (Fsp3) is 0.500. The van der Waals surface area contributed by atoms with E-state index in [0.29, 0.717) is 11.6 Å². The van der Waals surface area contributed by atoms with Gasteiger partial charge in [-0.1, -0.05) is 11.8 Å². The third-order valence-corrected chi connectivity index (χ3v) is 3.35. The Bertz CT molecular complexity index is 442. The zero-order valence-electron chi connectivity index (χ0n) is 10.9. The van der Waals surface area contributed by atoms with Crippen LogP contribution in [-0.4, -0.2) is 39.3 Å². The monoisotopic (exact) mass is 286 g/mol. The maximum atomic E-state index is 10.8. The molecule has 1 heterocycles. The number of aliphatic hydroxyl groups excluding tert-OH is 2. The van der Waals surface area contributed by atoms with E-state index in [2.05, 4.69) is 4.98 Å². The highest BCUT2D eigenvalue weighted by molar-refractivity contribution is 8.13. The van der Waals surface area contributed by atoms with Gasteiger partial charge >= 0.3 is 0 Å². The van der Waals surface area contributed by atoms with E-state index >= 15 is 0 Å². The fourth-order valence-corrected chi connectivity index (χ4v) is 2.13. The van der Waals surface area contributed by atoms with Gasteiger partial charge in [0.2, 0.25) is 5.88 Å². The van der Waals surface area contributed by atoms with E-state index in [4.69, 9.17) is 10.5 Å². The van der Waals surface area contributed by atoms with E-state index in [9.17, 15) is 15.0 Å². The van der Waals surface area contributed by atoms with E-state index < -0.39 is 12.2 Å². The number of carbonyl (C=O) groups is 1. The Kier molecular flexibility index (Phi) is 6.07. The Morgan fingerprint density at radius 1 is 1.53 bits per heavy atom. The van der Waals surface area contributed by atoms with Crippen LogP contribution in [0.1, 0.15) is 25.1 Å². The molecule has 0 bridgehead atoms. The van der Waals surface area contributed by atoms with Gasteiger partial charge in [-0.2, -0.15) is 0 Å². The van der Waals surface area contributed by atoms with Crippen LogP contribution in [0.5, 0.6) is 5.88 Å². The molecule has 0 aliphatic rings. The van der Waals surface area contributed by atoms with E-state index in [-0.39, 0.29) is 22.9 Å². The van der Waals surface area contributed by atoms with Crippen LogP contribution in [-0.2, 0) is 4.79 Å². The number of pyridine rings is 1. The first-order valence-electron chi connectivity index (χ1n) is 5.75. The predicted octanol–water partition coefficient (Wildman–Crippen LogP) is 0.736. The number of aliphatic hydroxyl groups is 2. The lowest BCUT2D eigenvalue weighted by Crippen LogP contribution is -2.21. The molecule has 1 aromatic rings. The van der Waals surface area contributed by atoms with E-state index in [1.165, 1.54) is 14.0 Å².